The van der Waals surface area contributed by atoms with Crippen LogP contribution in [-0.2, 0) is 48.9 Å². The molecule has 3 fully saturated rings. The number of nitrogens with zero attached hydrogens (tertiary/aromatic N) is 15. The molecule has 1 unspecified atom stereocenters. The first-order valence-electron chi connectivity index (χ1n) is 29.4. The summed E-state index contributed by atoms with van der Waals surface area (Å²) in [5, 5.41) is 46.9. The lowest BCUT2D eigenvalue weighted by atomic mass is 9.99. The second kappa shape index (κ2) is 31.7. The molecule has 4 N–H and O–H groups in total. The predicted octanol–water partition coefficient (Wildman–Crippen LogP) is 9.32. The van der Waals surface area contributed by atoms with Crippen LogP contribution in [0.15, 0.2) is 59.5 Å². The summed E-state index contributed by atoms with van der Waals surface area (Å²) >= 11 is 9.81. The van der Waals surface area contributed by atoms with Gasteiger partial charge in [-0.05, 0) is 124 Å². The van der Waals surface area contributed by atoms with Crippen LogP contribution in [0.3, 0.4) is 0 Å². The number of thiazole rings is 3. The van der Waals surface area contributed by atoms with Gasteiger partial charge in [0.1, 0.15) is 32.4 Å². The number of anilines is 1. The number of nitrogens with one attached hydrogen (secondary N) is 3. The molecule has 0 radical (unpaired) electrons. The van der Waals surface area contributed by atoms with Gasteiger partial charge in [0.2, 0.25) is 11.8 Å². The third kappa shape index (κ3) is 17.9. The quantitative estimate of drug-likeness (QED) is 0.0408. The Bertz CT molecular complexity index is 3680. The highest BCUT2D eigenvalue weighted by atomic mass is 32.2. The smallest absolute Gasteiger partial charge is 0.348 e. The number of H-pyrrole nitrogens is 1. The Labute approximate surface area is 530 Å². The predicted molar refractivity (Wildman–Crippen MR) is 345 cm³/mol. The molecule has 3 aliphatic heterocycles. The SMILES string of the molecule is CCSc1nc(CC(=O)N2[C@@H]3CC[C@H]2CC(O)C3)cs1.CCc1nc(C)sc1CNc1nc(-c2cccnc2)nc2c1cnn2C.Cc1nc(CC(=O)NCCSc2nnc(C)s2)cs1.Cc1noc(C)c1-n1c(CCCN2CCCCC2)n[nH]c1=O. The number of hydrogen-bond donors (Lipinski definition) is 4. The van der Waals surface area contributed by atoms with Gasteiger partial charge in [-0.15, -0.1) is 44.2 Å². The van der Waals surface area contributed by atoms with Crippen molar-refractivity contribution in [2.45, 2.75) is 159 Å². The first-order valence-corrected chi connectivity index (χ1v) is 34.8. The summed E-state index contributed by atoms with van der Waals surface area (Å²) in [7, 11) is 1.88. The van der Waals surface area contributed by atoms with Crippen LogP contribution < -0.4 is 16.3 Å². The molecule has 9 aromatic rings. The van der Waals surface area contributed by atoms with Gasteiger partial charge in [0.15, 0.2) is 21.6 Å². The van der Waals surface area contributed by atoms with Crippen molar-refractivity contribution in [1.29, 1.82) is 0 Å². The number of fused-ring (bicyclic) bond motifs is 3. The summed E-state index contributed by atoms with van der Waals surface area (Å²) in [5.41, 5.74) is 5.73. The lowest BCUT2D eigenvalue weighted by molar-refractivity contribution is -0.136. The van der Waals surface area contributed by atoms with Crippen LogP contribution in [-0.4, -0.2) is 152 Å². The first kappa shape index (κ1) is 65.1. The largest absolute Gasteiger partial charge is 0.393 e. The van der Waals surface area contributed by atoms with E-state index in [4.69, 9.17) is 9.51 Å². The molecule has 0 aliphatic carbocycles. The molecule has 9 aromatic heterocycles. The number of aliphatic hydroxyl groups excluding tert-OH is 1. The normalized spacial score (nSPS) is 16.4. The number of aromatic amines is 1. The second-order valence-corrected chi connectivity index (χ2v) is 28.5. The topological polar surface area (TPSA) is 283 Å². The maximum absolute atomic E-state index is 12.5. The zero-order valence-electron chi connectivity index (χ0n) is 50.4. The zero-order chi connectivity index (χ0) is 61.4. The Morgan fingerprint density at radius 2 is 1.66 bits per heavy atom. The highest BCUT2D eigenvalue weighted by Crippen LogP contribution is 2.37. The van der Waals surface area contributed by atoms with Gasteiger partial charge in [-0.25, -0.2) is 39.4 Å². The molecule has 464 valence electrons. The molecule has 0 spiro atoms. The number of likely N-dealkylation sites (tertiary alicyclic amines) is 1. The third-order valence-corrected chi connectivity index (χ3v) is 20.5. The molecule has 0 aromatic carbocycles. The summed E-state index contributed by atoms with van der Waals surface area (Å²) in [6, 6.07) is 4.34. The molecule has 3 saturated heterocycles. The average Bonchev–Trinajstić information content (AvgIpc) is 3.24. The number of piperidine rings is 2. The number of aromatic nitrogens is 14. The number of carbonyl (C=O) groups is 2. The van der Waals surface area contributed by atoms with Crippen molar-refractivity contribution in [2.24, 2.45) is 7.05 Å². The van der Waals surface area contributed by atoms with Crippen LogP contribution in [0.25, 0.3) is 28.1 Å². The van der Waals surface area contributed by atoms with Crippen molar-refractivity contribution in [3.63, 3.8) is 0 Å². The van der Waals surface area contributed by atoms with E-state index in [9.17, 15) is 19.5 Å². The van der Waals surface area contributed by atoms with Gasteiger partial charge in [0.05, 0.1) is 64.2 Å². The van der Waals surface area contributed by atoms with Crippen molar-refractivity contribution < 1.29 is 19.2 Å². The van der Waals surface area contributed by atoms with Gasteiger partial charge >= 0.3 is 5.69 Å². The van der Waals surface area contributed by atoms with Gasteiger partial charge in [-0.1, -0.05) is 60.3 Å². The average molecular weight is 1300 g/mol. The Hall–Kier alpha value is -6.34. The molecule has 12 heterocycles. The van der Waals surface area contributed by atoms with Gasteiger partial charge in [-0.3, -0.25) is 19.3 Å². The Morgan fingerprint density at radius 3 is 2.34 bits per heavy atom. The number of aryl methyl sites for hydroxylation is 8. The summed E-state index contributed by atoms with van der Waals surface area (Å²) in [6.07, 6.45) is 16.0. The fourth-order valence-electron chi connectivity index (χ4n) is 10.8. The van der Waals surface area contributed by atoms with Crippen molar-refractivity contribution >= 4 is 97.5 Å². The number of hydrogen-bond acceptors (Lipinski definition) is 24. The fourth-order valence-corrected chi connectivity index (χ4v) is 15.8. The third-order valence-electron chi connectivity index (χ3n) is 14.7. The minimum Gasteiger partial charge on any atom is -0.393 e. The van der Waals surface area contributed by atoms with Gasteiger partial charge in [-0.2, -0.15) is 10.2 Å². The van der Waals surface area contributed by atoms with E-state index in [0.29, 0.717) is 48.9 Å². The number of aliphatic hydroxyl groups is 1. The molecule has 3 aliphatic rings. The Morgan fingerprint density at radius 1 is 0.874 bits per heavy atom. The Balaban J connectivity index is 0.000000139. The van der Waals surface area contributed by atoms with Crippen molar-refractivity contribution in [3.8, 4) is 17.1 Å². The molecule has 29 heteroatoms. The fraction of sp³-hybridized carbons (Fsp3) is 0.517. The van der Waals surface area contributed by atoms with Crippen molar-refractivity contribution in [3.05, 3.63) is 106 Å². The number of carbonyl (C=O) groups excluding carboxylic acids is 2. The van der Waals surface area contributed by atoms with E-state index in [1.807, 2.05) is 69.5 Å². The highest BCUT2D eigenvalue weighted by molar-refractivity contribution is 8.01. The van der Waals surface area contributed by atoms with E-state index in [0.717, 1.165) is 132 Å². The molecule has 3 atom stereocenters. The van der Waals surface area contributed by atoms with E-state index in [-0.39, 0.29) is 35.7 Å². The molecule has 23 nitrogen and oxygen atoms in total. The van der Waals surface area contributed by atoms with Gasteiger partial charge in [0, 0.05) is 71.4 Å². The van der Waals surface area contributed by atoms with E-state index in [2.05, 4.69) is 85.0 Å². The first-order chi connectivity index (χ1) is 42.1. The number of rotatable bonds is 20. The lowest BCUT2D eigenvalue weighted by Gasteiger charge is -2.37. The minimum atomic E-state index is -0.234. The van der Waals surface area contributed by atoms with E-state index < -0.39 is 0 Å². The van der Waals surface area contributed by atoms with E-state index in [1.165, 1.54) is 37.2 Å². The van der Waals surface area contributed by atoms with Gasteiger partial charge in [0.25, 0.3) is 0 Å². The van der Waals surface area contributed by atoms with Crippen LogP contribution in [0.2, 0.25) is 0 Å². The maximum Gasteiger partial charge on any atom is 0.348 e. The van der Waals surface area contributed by atoms with E-state index in [1.54, 1.807) is 96.7 Å². The van der Waals surface area contributed by atoms with Crippen LogP contribution in [0.4, 0.5) is 5.82 Å². The highest BCUT2D eigenvalue weighted by Gasteiger charge is 2.42. The molecular formula is C58H76N18O5S6. The van der Waals surface area contributed by atoms with Gasteiger partial charge < -0.3 is 30.1 Å². The zero-order valence-corrected chi connectivity index (χ0v) is 55.3. The van der Waals surface area contributed by atoms with Crippen LogP contribution in [0.5, 0.6) is 0 Å². The Kier molecular flexibility index (Phi) is 23.7. The molecule has 87 heavy (non-hydrogen) atoms. The summed E-state index contributed by atoms with van der Waals surface area (Å²) in [4.78, 5) is 68.9. The summed E-state index contributed by atoms with van der Waals surface area (Å²) < 4.78 is 10.5. The second-order valence-electron chi connectivity index (χ2n) is 21.3. The van der Waals surface area contributed by atoms with Crippen molar-refractivity contribution in [2.75, 3.05) is 43.0 Å². The minimum absolute atomic E-state index is 0.0133. The maximum atomic E-state index is 12.5. The van der Waals surface area contributed by atoms with Crippen LogP contribution in [0.1, 0.15) is 119 Å². The lowest BCUT2D eigenvalue weighted by Crippen LogP contribution is -2.48. The standard InChI is InChI=1S/C18H19N7S.C15H23N5O2.C14H20N2O2S2.C11H14N4OS3/c1-4-14-15(26-11(2)22-14)10-20-17-13-9-21-25(3)18(13)24-16(23-17)12-6-5-7-19-8-12;1-11-14(12(2)22-18-11)20-13(16-17-15(20)21)7-6-10-19-8-4-3-5-9-19;1-2-19-14-15-9(8-20-14)5-13(18)16-10-3-4-11(16)7-12(17)6-10;1-7-13-9(6-18-7)5-10(16)12-3-4-17-11-15-14-8(2)19-11/h5-9H,4,10H2,1-3H3,(H,20,23,24);3-10H2,1-2H3,(H,17,21);8,10-12,17H,2-7H2,1H3;6H,3-5H2,1-2H3,(H,12,16)/t;;10-,11+,12?;. The summed E-state index contributed by atoms with van der Waals surface area (Å²) in [5.74, 6) is 4.80. The number of amides is 2. The summed E-state index contributed by atoms with van der Waals surface area (Å²) in [6.45, 7) is 18.5. The molecule has 0 saturated carbocycles. The van der Waals surface area contributed by atoms with Crippen LogP contribution in [0, 0.1) is 34.6 Å². The monoisotopic (exact) mass is 1300 g/mol. The molecule has 2 amide bonds. The number of pyridine rings is 1. The number of thioether (sulfide) groups is 2. The van der Waals surface area contributed by atoms with Crippen molar-refractivity contribution in [1.82, 2.24) is 84.9 Å². The molecule has 2 bridgehead atoms. The molecular weight excluding hydrogens is 1220 g/mol. The molecule has 12 rings (SSSR count). The van der Waals surface area contributed by atoms with Crippen LogP contribution >= 0.6 is 68.9 Å². The van der Waals surface area contributed by atoms with E-state index >= 15 is 0 Å².